The second-order valence-electron chi connectivity index (χ2n) is 7.47. The molecule has 2 aromatic rings. The molecule has 0 aromatic heterocycles. The Bertz CT molecular complexity index is 1080. The molecule has 0 unspecified atom stereocenters. The highest BCUT2D eigenvalue weighted by Crippen LogP contribution is 2.50. The second-order valence-corrected chi connectivity index (χ2v) is 8.32. The predicted molar refractivity (Wildman–Crippen MR) is 107 cm³/mol. The molecule has 3 aliphatic rings. The lowest BCUT2D eigenvalue weighted by Gasteiger charge is -2.18. The van der Waals surface area contributed by atoms with Gasteiger partial charge in [-0.05, 0) is 31.0 Å². The monoisotopic (exact) mass is 448 g/mol. The van der Waals surface area contributed by atoms with Gasteiger partial charge in [-0.3, -0.25) is 19.7 Å². The van der Waals surface area contributed by atoms with Gasteiger partial charge in [0.1, 0.15) is 11.5 Å². The average Bonchev–Trinajstić information content (AvgIpc) is 3.37. The van der Waals surface area contributed by atoms with Crippen molar-refractivity contribution in [3.63, 3.8) is 0 Å². The highest BCUT2D eigenvalue weighted by atomic mass is 35.5. The first-order valence-corrected chi connectivity index (χ1v) is 10.0. The van der Waals surface area contributed by atoms with Crippen LogP contribution in [0.1, 0.15) is 12.8 Å². The van der Waals surface area contributed by atoms with Gasteiger partial charge in [0.15, 0.2) is 0 Å². The summed E-state index contributed by atoms with van der Waals surface area (Å²) in [4.78, 5) is 37.9. The molecule has 10 heteroatoms. The topological polar surface area (TPSA) is 99.0 Å². The largest absolute Gasteiger partial charge is 0.455 e. The van der Waals surface area contributed by atoms with E-state index >= 15 is 0 Å². The number of imide groups is 1. The van der Waals surface area contributed by atoms with Crippen molar-refractivity contribution in [3.05, 3.63) is 56.6 Å². The van der Waals surface area contributed by atoms with Crippen LogP contribution in [0, 0.1) is 22.0 Å². The molecule has 0 aliphatic carbocycles. The lowest BCUT2D eigenvalue weighted by atomic mass is 9.81. The van der Waals surface area contributed by atoms with Crippen LogP contribution in [0.2, 0.25) is 10.0 Å². The zero-order chi connectivity index (χ0) is 21.2. The molecule has 4 atom stereocenters. The third-order valence-corrected chi connectivity index (χ3v) is 6.28. The fraction of sp³-hybridized carbons (Fsp3) is 0.300. The van der Waals surface area contributed by atoms with E-state index in [0.29, 0.717) is 5.02 Å². The van der Waals surface area contributed by atoms with Gasteiger partial charge < -0.3 is 9.47 Å². The van der Waals surface area contributed by atoms with Crippen LogP contribution in [0.15, 0.2) is 36.4 Å². The minimum absolute atomic E-state index is 0.0697. The van der Waals surface area contributed by atoms with Crippen molar-refractivity contribution in [1.29, 1.82) is 0 Å². The number of hydrogen-bond acceptors (Lipinski definition) is 6. The zero-order valence-corrected chi connectivity index (χ0v) is 16.8. The molecule has 0 N–H and O–H groups in total. The van der Waals surface area contributed by atoms with Crippen molar-refractivity contribution in [1.82, 2.24) is 0 Å². The number of rotatable bonds is 4. The predicted octanol–water partition coefficient (Wildman–Crippen LogP) is 4.36. The van der Waals surface area contributed by atoms with Gasteiger partial charge >= 0.3 is 0 Å². The highest BCUT2D eigenvalue weighted by molar-refractivity contribution is 6.35. The summed E-state index contributed by atoms with van der Waals surface area (Å²) in [6.45, 7) is 0. The Balaban J connectivity index is 1.53. The number of non-ortho nitro benzene ring substituents is 1. The van der Waals surface area contributed by atoms with Crippen molar-refractivity contribution in [2.45, 2.75) is 25.0 Å². The molecule has 154 valence electrons. The molecule has 0 radical (unpaired) electrons. The van der Waals surface area contributed by atoms with Crippen LogP contribution in [-0.4, -0.2) is 28.9 Å². The molecule has 2 aromatic carbocycles. The fourth-order valence-corrected chi connectivity index (χ4v) is 4.96. The standard InChI is InChI=1S/C20H14Cl2N2O6/c21-9-1-2-14(13(22)5-9)29-12-7-10(6-11(8-12)24(27)28)23-19(25)17-15-3-4-16(30-15)18(17)20(23)26/h1-2,5-8,15-18H,3-4H2/t15-,16-,17-,18-/m1/s1. The molecule has 3 aliphatic heterocycles. The summed E-state index contributed by atoms with van der Waals surface area (Å²) in [5.74, 6) is -1.56. The Morgan fingerprint density at radius 2 is 1.70 bits per heavy atom. The molecule has 2 bridgehead atoms. The van der Waals surface area contributed by atoms with E-state index in [-0.39, 0.29) is 40.1 Å². The Kier molecular flexibility index (Phi) is 4.46. The number of hydrogen-bond donors (Lipinski definition) is 0. The summed E-state index contributed by atoms with van der Waals surface area (Å²) < 4.78 is 11.4. The van der Waals surface area contributed by atoms with Gasteiger partial charge in [-0.1, -0.05) is 23.2 Å². The minimum Gasteiger partial charge on any atom is -0.455 e. The summed E-state index contributed by atoms with van der Waals surface area (Å²) in [7, 11) is 0. The minimum atomic E-state index is -0.613. The molecule has 3 heterocycles. The van der Waals surface area contributed by atoms with Crippen molar-refractivity contribution in [3.8, 4) is 11.5 Å². The summed E-state index contributed by atoms with van der Waals surface area (Å²) in [5.41, 5.74) is -0.224. The van der Waals surface area contributed by atoms with E-state index in [2.05, 4.69) is 0 Å². The molecular formula is C20H14Cl2N2O6. The summed E-state index contributed by atoms with van der Waals surface area (Å²) >= 11 is 12.0. The number of carbonyl (C=O) groups is 2. The maximum Gasteiger partial charge on any atom is 0.275 e. The van der Waals surface area contributed by atoms with Gasteiger partial charge in [0.05, 0.1) is 45.7 Å². The van der Waals surface area contributed by atoms with Gasteiger partial charge in [-0.2, -0.15) is 0 Å². The van der Waals surface area contributed by atoms with Crippen molar-refractivity contribution < 1.29 is 24.0 Å². The molecule has 3 saturated heterocycles. The van der Waals surface area contributed by atoms with Crippen molar-refractivity contribution in [2.75, 3.05) is 4.90 Å². The lowest BCUT2D eigenvalue weighted by molar-refractivity contribution is -0.384. The van der Waals surface area contributed by atoms with E-state index in [0.717, 1.165) is 17.7 Å². The van der Waals surface area contributed by atoms with Crippen molar-refractivity contribution >= 4 is 46.4 Å². The Hall–Kier alpha value is -2.68. The van der Waals surface area contributed by atoms with E-state index in [1.54, 1.807) is 6.07 Å². The quantitative estimate of drug-likeness (QED) is 0.391. The smallest absolute Gasteiger partial charge is 0.275 e. The van der Waals surface area contributed by atoms with Gasteiger partial charge in [-0.15, -0.1) is 0 Å². The van der Waals surface area contributed by atoms with Crippen LogP contribution in [0.5, 0.6) is 11.5 Å². The summed E-state index contributed by atoms with van der Waals surface area (Å²) in [6.07, 6.45) is 0.918. The number of nitrogens with zero attached hydrogens (tertiary/aromatic N) is 2. The van der Waals surface area contributed by atoms with Crippen LogP contribution in [0.3, 0.4) is 0 Å². The lowest BCUT2D eigenvalue weighted by Crippen LogP contribution is -2.34. The zero-order valence-electron chi connectivity index (χ0n) is 15.3. The van der Waals surface area contributed by atoms with Crippen LogP contribution < -0.4 is 9.64 Å². The van der Waals surface area contributed by atoms with E-state index in [4.69, 9.17) is 32.7 Å². The van der Waals surface area contributed by atoms with Crippen LogP contribution in [0.25, 0.3) is 0 Å². The SMILES string of the molecule is O=C1[C@H]2[C@H](C(=O)N1c1cc(Oc3ccc(Cl)cc3Cl)cc([N+](=O)[O-])c1)[C@H]1CC[C@H]2O1. The number of nitro groups is 1. The van der Waals surface area contributed by atoms with Crippen molar-refractivity contribution in [2.24, 2.45) is 11.8 Å². The fourth-order valence-electron chi connectivity index (χ4n) is 4.51. The number of carbonyl (C=O) groups excluding carboxylic acids is 2. The number of anilines is 1. The first-order valence-electron chi connectivity index (χ1n) is 9.29. The maximum absolute atomic E-state index is 13.0. The van der Waals surface area contributed by atoms with Gasteiger partial charge in [0, 0.05) is 17.2 Å². The average molecular weight is 449 g/mol. The Morgan fingerprint density at radius 1 is 1.03 bits per heavy atom. The summed E-state index contributed by atoms with van der Waals surface area (Å²) in [5, 5.41) is 12.1. The maximum atomic E-state index is 13.0. The molecule has 2 amide bonds. The van der Waals surface area contributed by atoms with E-state index < -0.39 is 28.6 Å². The molecular weight excluding hydrogens is 435 g/mol. The molecule has 0 saturated carbocycles. The molecule has 5 rings (SSSR count). The van der Waals surface area contributed by atoms with Gasteiger partial charge in [-0.25, -0.2) is 4.90 Å². The molecule has 8 nitrogen and oxygen atoms in total. The molecule has 3 fully saturated rings. The highest BCUT2D eigenvalue weighted by Gasteiger charge is 2.62. The molecule has 30 heavy (non-hydrogen) atoms. The van der Waals surface area contributed by atoms with Crippen LogP contribution in [0.4, 0.5) is 11.4 Å². The Morgan fingerprint density at radius 3 is 2.30 bits per heavy atom. The number of halogens is 2. The first-order chi connectivity index (χ1) is 14.3. The normalized spacial score (nSPS) is 26.9. The third kappa shape index (κ3) is 2.94. The number of ether oxygens (including phenoxy) is 2. The number of amides is 2. The van der Waals surface area contributed by atoms with Crippen LogP contribution in [-0.2, 0) is 14.3 Å². The second kappa shape index (κ2) is 6.94. The van der Waals surface area contributed by atoms with Gasteiger partial charge in [0.2, 0.25) is 11.8 Å². The first kappa shape index (κ1) is 19.3. The number of nitro benzene ring substituents is 1. The summed E-state index contributed by atoms with van der Waals surface area (Å²) in [6, 6.07) is 8.36. The van der Waals surface area contributed by atoms with E-state index in [1.807, 2.05) is 0 Å². The third-order valence-electron chi connectivity index (χ3n) is 5.75. The van der Waals surface area contributed by atoms with E-state index in [1.165, 1.54) is 30.3 Å². The Labute approximate surface area is 180 Å². The number of benzene rings is 2. The van der Waals surface area contributed by atoms with Crippen LogP contribution >= 0.6 is 23.2 Å². The van der Waals surface area contributed by atoms with Gasteiger partial charge in [0.25, 0.3) is 5.69 Å². The number of fused-ring (bicyclic) bond motifs is 5. The van der Waals surface area contributed by atoms with E-state index in [9.17, 15) is 19.7 Å². The molecule has 0 spiro atoms.